The normalized spacial score (nSPS) is 12.3. The van der Waals surface area contributed by atoms with E-state index in [4.69, 9.17) is 5.26 Å². The van der Waals surface area contributed by atoms with Crippen molar-refractivity contribution in [2.45, 2.75) is 19.3 Å². The molecule has 108 valence electrons. The van der Waals surface area contributed by atoms with Crippen molar-refractivity contribution in [3.63, 3.8) is 0 Å². The maximum Gasteiger partial charge on any atom is 0.259 e. The second-order valence-corrected chi connectivity index (χ2v) is 6.04. The van der Waals surface area contributed by atoms with E-state index in [1.165, 1.54) is 23.5 Å². The molecule has 4 nitrogen and oxygen atoms in total. The highest BCUT2D eigenvalue weighted by molar-refractivity contribution is 7.16. The van der Waals surface area contributed by atoms with E-state index in [-0.39, 0.29) is 11.1 Å². The minimum atomic E-state index is -0.751. The minimum absolute atomic E-state index is 0.142. The molecule has 1 amide bonds. The number of aryl methyl sites for hydroxylation is 1. The largest absolute Gasteiger partial charge is 0.312 e. The molecule has 0 saturated carbocycles. The van der Waals surface area contributed by atoms with E-state index >= 15 is 0 Å². The molecule has 1 aliphatic carbocycles. The Morgan fingerprint density at radius 3 is 2.77 bits per heavy atom. The van der Waals surface area contributed by atoms with Gasteiger partial charge in [0.05, 0.1) is 22.8 Å². The number of nitrogens with one attached hydrogen (secondary N) is 1. The van der Waals surface area contributed by atoms with E-state index in [0.29, 0.717) is 10.6 Å². The van der Waals surface area contributed by atoms with E-state index in [1.54, 1.807) is 0 Å². The molecule has 0 radical (unpaired) electrons. The van der Waals surface area contributed by atoms with Crippen LogP contribution in [0.2, 0.25) is 0 Å². The Labute approximate surface area is 130 Å². The van der Waals surface area contributed by atoms with Gasteiger partial charge in [-0.3, -0.25) is 4.79 Å². The zero-order valence-corrected chi connectivity index (χ0v) is 12.3. The molecule has 0 atom stereocenters. The van der Waals surface area contributed by atoms with Crippen LogP contribution in [0.5, 0.6) is 0 Å². The van der Waals surface area contributed by atoms with Gasteiger partial charge in [0.15, 0.2) is 0 Å². The van der Waals surface area contributed by atoms with Crippen LogP contribution < -0.4 is 5.32 Å². The van der Waals surface area contributed by atoms with Crippen LogP contribution in [0.15, 0.2) is 18.2 Å². The van der Waals surface area contributed by atoms with Gasteiger partial charge in [0.2, 0.25) is 0 Å². The molecule has 1 aromatic carbocycles. The minimum Gasteiger partial charge on any atom is -0.312 e. The number of halogens is 1. The third kappa shape index (κ3) is 2.34. The highest BCUT2D eigenvalue weighted by Gasteiger charge is 2.24. The van der Waals surface area contributed by atoms with Gasteiger partial charge in [0.1, 0.15) is 16.9 Å². The third-order valence-electron chi connectivity index (χ3n) is 3.60. The lowest BCUT2D eigenvalue weighted by Crippen LogP contribution is -2.13. The van der Waals surface area contributed by atoms with Crippen LogP contribution in [0, 0.1) is 28.5 Å². The first-order valence-corrected chi connectivity index (χ1v) is 7.51. The monoisotopic (exact) mass is 311 g/mol. The molecular weight excluding hydrogens is 301 g/mol. The van der Waals surface area contributed by atoms with Gasteiger partial charge in [-0.25, -0.2) is 4.39 Å². The van der Waals surface area contributed by atoms with Crippen molar-refractivity contribution in [3.8, 4) is 12.1 Å². The summed E-state index contributed by atoms with van der Waals surface area (Å²) >= 11 is 1.38. The molecular formula is C16H10FN3OS. The molecule has 0 fully saturated rings. The Hall–Kier alpha value is -2.70. The molecule has 0 unspecified atom stereocenters. The molecule has 1 aromatic heterocycles. The molecule has 0 saturated heterocycles. The molecule has 22 heavy (non-hydrogen) atoms. The Kier molecular flexibility index (Phi) is 3.62. The van der Waals surface area contributed by atoms with Crippen molar-refractivity contribution < 1.29 is 9.18 Å². The summed E-state index contributed by atoms with van der Waals surface area (Å²) in [6.07, 6.45) is 2.78. The van der Waals surface area contributed by atoms with Gasteiger partial charge in [0.25, 0.3) is 5.91 Å². The average Bonchev–Trinajstić information content (AvgIpc) is 3.07. The van der Waals surface area contributed by atoms with Crippen LogP contribution in [0.4, 0.5) is 9.39 Å². The van der Waals surface area contributed by atoms with Crippen LogP contribution in [0.25, 0.3) is 0 Å². The lowest BCUT2D eigenvalue weighted by Gasteiger charge is -2.05. The van der Waals surface area contributed by atoms with E-state index in [2.05, 4.69) is 11.4 Å². The number of amides is 1. The van der Waals surface area contributed by atoms with E-state index in [0.717, 1.165) is 35.8 Å². The third-order valence-corrected chi connectivity index (χ3v) is 4.81. The first-order chi connectivity index (χ1) is 10.6. The number of nitriles is 2. The molecule has 0 spiro atoms. The van der Waals surface area contributed by atoms with Crippen molar-refractivity contribution in [3.05, 3.63) is 51.1 Å². The number of rotatable bonds is 2. The second-order valence-electron chi connectivity index (χ2n) is 4.93. The molecule has 3 rings (SSSR count). The Balaban J connectivity index is 1.90. The summed E-state index contributed by atoms with van der Waals surface area (Å²) in [7, 11) is 0. The molecule has 1 N–H and O–H groups in total. The lowest BCUT2D eigenvalue weighted by molar-refractivity contribution is 0.102. The van der Waals surface area contributed by atoms with E-state index in [1.807, 2.05) is 6.07 Å². The SMILES string of the molecule is N#Cc1ccc(C(=O)Nc2sc3c(c2C#N)CCC3)c(F)c1. The van der Waals surface area contributed by atoms with Gasteiger partial charge in [-0.1, -0.05) is 0 Å². The van der Waals surface area contributed by atoms with Gasteiger partial charge < -0.3 is 5.32 Å². The fourth-order valence-corrected chi connectivity index (χ4v) is 3.78. The van der Waals surface area contributed by atoms with Crippen molar-refractivity contribution in [2.75, 3.05) is 5.32 Å². The smallest absolute Gasteiger partial charge is 0.259 e. The average molecular weight is 311 g/mol. The standard InChI is InChI=1S/C16H10FN3OS/c17-13-6-9(7-18)4-5-11(13)15(21)20-16-12(8-19)10-2-1-3-14(10)22-16/h4-6H,1-3H2,(H,20,21). The molecule has 1 heterocycles. The zero-order chi connectivity index (χ0) is 15.7. The predicted octanol–water partition coefficient (Wildman–Crippen LogP) is 3.37. The van der Waals surface area contributed by atoms with Crippen LogP contribution in [0.1, 0.15) is 38.3 Å². The first-order valence-electron chi connectivity index (χ1n) is 6.69. The molecule has 6 heteroatoms. The first kappa shape index (κ1) is 14.2. The van der Waals surface area contributed by atoms with Crippen molar-refractivity contribution >= 4 is 22.2 Å². The highest BCUT2D eigenvalue weighted by Crippen LogP contribution is 2.38. The van der Waals surface area contributed by atoms with Gasteiger partial charge in [0, 0.05) is 4.88 Å². The topological polar surface area (TPSA) is 76.7 Å². The maximum absolute atomic E-state index is 13.9. The fraction of sp³-hybridized carbons (Fsp3) is 0.188. The predicted molar refractivity (Wildman–Crippen MR) is 80.1 cm³/mol. The van der Waals surface area contributed by atoms with Crippen molar-refractivity contribution in [1.82, 2.24) is 0 Å². The number of carbonyl (C=O) groups is 1. The molecule has 0 bridgehead atoms. The maximum atomic E-state index is 13.9. The number of hydrogen-bond donors (Lipinski definition) is 1. The molecule has 1 aliphatic rings. The number of thiophene rings is 1. The summed E-state index contributed by atoms with van der Waals surface area (Å²) < 4.78 is 13.9. The van der Waals surface area contributed by atoms with Crippen molar-refractivity contribution in [2.24, 2.45) is 0 Å². The van der Waals surface area contributed by atoms with Gasteiger partial charge >= 0.3 is 0 Å². The van der Waals surface area contributed by atoms with Crippen LogP contribution in [0.3, 0.4) is 0 Å². The summed E-state index contributed by atoms with van der Waals surface area (Å²) in [5, 5.41) is 21.1. The number of nitrogens with zero attached hydrogens (tertiary/aromatic N) is 2. The highest BCUT2D eigenvalue weighted by atomic mass is 32.1. The number of carbonyl (C=O) groups excluding carboxylic acids is 1. The van der Waals surface area contributed by atoms with E-state index < -0.39 is 11.7 Å². The van der Waals surface area contributed by atoms with Gasteiger partial charge in [-0.15, -0.1) is 11.3 Å². The number of benzene rings is 1. The zero-order valence-electron chi connectivity index (χ0n) is 11.4. The summed E-state index contributed by atoms with van der Waals surface area (Å²) in [4.78, 5) is 13.3. The quantitative estimate of drug-likeness (QED) is 0.923. The number of fused-ring (bicyclic) bond motifs is 1. The molecule has 2 aromatic rings. The van der Waals surface area contributed by atoms with Gasteiger partial charge in [-0.05, 0) is 43.0 Å². The van der Waals surface area contributed by atoms with Gasteiger partial charge in [-0.2, -0.15) is 10.5 Å². The second kappa shape index (κ2) is 5.59. The summed E-state index contributed by atoms with van der Waals surface area (Å²) in [6, 6.07) is 7.62. The number of anilines is 1. The summed E-state index contributed by atoms with van der Waals surface area (Å²) in [5.41, 5.74) is 1.50. The van der Waals surface area contributed by atoms with Crippen molar-refractivity contribution in [1.29, 1.82) is 10.5 Å². The fourth-order valence-electron chi connectivity index (χ4n) is 2.55. The number of hydrogen-bond acceptors (Lipinski definition) is 4. The van der Waals surface area contributed by atoms with Crippen LogP contribution in [-0.2, 0) is 12.8 Å². The lowest BCUT2D eigenvalue weighted by atomic mass is 10.1. The Bertz CT molecular complexity index is 857. The van der Waals surface area contributed by atoms with Crippen LogP contribution in [-0.4, -0.2) is 5.91 Å². The van der Waals surface area contributed by atoms with Crippen LogP contribution >= 0.6 is 11.3 Å². The Morgan fingerprint density at radius 2 is 2.09 bits per heavy atom. The Morgan fingerprint density at radius 1 is 1.27 bits per heavy atom. The summed E-state index contributed by atoms with van der Waals surface area (Å²) in [6.45, 7) is 0. The van der Waals surface area contributed by atoms with E-state index in [9.17, 15) is 14.4 Å². The summed E-state index contributed by atoms with van der Waals surface area (Å²) in [5.74, 6) is -1.36. The molecule has 0 aliphatic heterocycles.